The Kier molecular flexibility index (Phi) is 5.30. The van der Waals surface area contributed by atoms with Gasteiger partial charge in [-0.1, -0.05) is 24.2 Å². The summed E-state index contributed by atoms with van der Waals surface area (Å²) in [6.45, 7) is 2.62. The minimum atomic E-state index is -1.00. The highest BCUT2D eigenvalue weighted by Gasteiger charge is 2.47. The normalized spacial score (nSPS) is 18.9. The molecule has 0 bridgehead atoms. The Balaban J connectivity index is 1.58. The minimum Gasteiger partial charge on any atom is -0.497 e. The number of urea groups is 1. The van der Waals surface area contributed by atoms with Crippen LogP contribution < -0.4 is 10.1 Å². The Morgan fingerprint density at radius 2 is 2.14 bits per heavy atom. The van der Waals surface area contributed by atoms with Crippen LogP contribution in [-0.4, -0.2) is 52.1 Å². The summed E-state index contributed by atoms with van der Waals surface area (Å²) in [4.78, 5) is 41.2. The summed E-state index contributed by atoms with van der Waals surface area (Å²) < 4.78 is 15.3. The topological polar surface area (TPSA) is 124 Å². The fourth-order valence-electron chi connectivity index (χ4n) is 2.64. The van der Waals surface area contributed by atoms with Crippen molar-refractivity contribution in [3.05, 3.63) is 30.2 Å². The highest BCUT2D eigenvalue weighted by atomic mass is 16.6. The van der Waals surface area contributed by atoms with Crippen LogP contribution in [0, 0.1) is 0 Å². The number of hydrogen-bond donors (Lipinski definition) is 1. The molecule has 1 N–H and O–H groups in total. The number of rotatable bonds is 7. The number of nitrogens with one attached hydrogen (secondary N) is 1. The number of imide groups is 1. The lowest BCUT2D eigenvalue weighted by molar-refractivity contribution is -0.149. The van der Waals surface area contributed by atoms with Gasteiger partial charge >= 0.3 is 12.0 Å². The fourth-order valence-corrected chi connectivity index (χ4v) is 2.64. The number of carbonyl (C=O) groups excluding carboxylic acids is 3. The van der Waals surface area contributed by atoms with Crippen molar-refractivity contribution in [2.75, 3.05) is 13.7 Å². The summed E-state index contributed by atoms with van der Waals surface area (Å²) in [5.74, 6) is -0.178. The zero-order valence-electron chi connectivity index (χ0n) is 15.7. The van der Waals surface area contributed by atoms with Crippen LogP contribution in [0.4, 0.5) is 4.79 Å². The van der Waals surface area contributed by atoms with Crippen molar-refractivity contribution in [1.82, 2.24) is 20.4 Å². The fraction of sp³-hybridized carbons (Fsp3) is 0.389. The van der Waals surface area contributed by atoms with Gasteiger partial charge in [0, 0.05) is 5.56 Å². The average molecular weight is 388 g/mol. The van der Waals surface area contributed by atoms with Crippen molar-refractivity contribution in [3.63, 3.8) is 0 Å². The predicted octanol–water partition coefficient (Wildman–Crippen LogP) is 1.51. The van der Waals surface area contributed by atoms with E-state index in [0.29, 0.717) is 23.6 Å². The van der Waals surface area contributed by atoms with E-state index in [2.05, 4.69) is 15.5 Å². The molecule has 3 rings (SSSR count). The van der Waals surface area contributed by atoms with Gasteiger partial charge in [-0.15, -0.1) is 0 Å². The number of aromatic nitrogens is 2. The molecule has 1 aliphatic rings. The predicted molar refractivity (Wildman–Crippen MR) is 95.0 cm³/mol. The molecule has 1 unspecified atom stereocenters. The van der Waals surface area contributed by atoms with E-state index in [9.17, 15) is 14.4 Å². The molecule has 1 saturated heterocycles. The second kappa shape index (κ2) is 7.67. The second-order valence-corrected chi connectivity index (χ2v) is 6.41. The van der Waals surface area contributed by atoms with Crippen molar-refractivity contribution < 1.29 is 28.4 Å². The minimum absolute atomic E-state index is 0.0850. The van der Waals surface area contributed by atoms with Crippen LogP contribution in [-0.2, 0) is 20.9 Å². The van der Waals surface area contributed by atoms with E-state index in [0.717, 1.165) is 4.90 Å². The van der Waals surface area contributed by atoms with E-state index in [1.54, 1.807) is 45.2 Å². The van der Waals surface area contributed by atoms with Gasteiger partial charge in [-0.3, -0.25) is 14.5 Å². The lowest BCUT2D eigenvalue weighted by atomic mass is 9.99. The maximum atomic E-state index is 12.3. The van der Waals surface area contributed by atoms with Crippen molar-refractivity contribution in [2.45, 2.75) is 32.4 Å². The number of ether oxygens (including phenoxy) is 2. The zero-order chi connectivity index (χ0) is 20.3. The van der Waals surface area contributed by atoms with Crippen LogP contribution in [0.1, 0.15) is 26.2 Å². The smallest absolute Gasteiger partial charge is 0.326 e. The van der Waals surface area contributed by atoms with Gasteiger partial charge in [0.1, 0.15) is 17.8 Å². The second-order valence-electron chi connectivity index (χ2n) is 6.41. The first kappa shape index (κ1) is 19.3. The number of amides is 3. The molecule has 0 saturated carbocycles. The molecular formula is C18H20N4O6. The number of benzene rings is 1. The lowest BCUT2D eigenvalue weighted by Gasteiger charge is -2.18. The van der Waals surface area contributed by atoms with Crippen molar-refractivity contribution in [2.24, 2.45) is 0 Å². The molecular weight excluding hydrogens is 368 g/mol. The van der Waals surface area contributed by atoms with Gasteiger partial charge in [0.2, 0.25) is 5.82 Å². The molecule has 1 atom stereocenters. The van der Waals surface area contributed by atoms with Gasteiger partial charge in [-0.05, 0) is 25.5 Å². The standard InChI is InChI=1S/C18H20N4O6/c1-4-18(2)16(24)22(17(25)20-18)9-14(23)27-10-13-19-15(21-28-13)11-6-5-7-12(8-11)26-3/h5-8H,4,9-10H2,1-3H3,(H,20,25). The SMILES string of the molecule is CCC1(C)NC(=O)N(CC(=O)OCc2nc(-c3cccc(OC)c3)no2)C1=O. The highest BCUT2D eigenvalue weighted by molar-refractivity contribution is 6.08. The molecule has 28 heavy (non-hydrogen) atoms. The van der Waals surface area contributed by atoms with Crippen molar-refractivity contribution in [3.8, 4) is 17.1 Å². The molecule has 1 aliphatic heterocycles. The van der Waals surface area contributed by atoms with E-state index >= 15 is 0 Å². The van der Waals surface area contributed by atoms with E-state index in [4.69, 9.17) is 14.0 Å². The van der Waals surface area contributed by atoms with Crippen LogP contribution in [0.2, 0.25) is 0 Å². The van der Waals surface area contributed by atoms with Gasteiger partial charge in [0.25, 0.3) is 11.8 Å². The highest BCUT2D eigenvalue weighted by Crippen LogP contribution is 2.22. The summed E-state index contributed by atoms with van der Waals surface area (Å²) in [6.07, 6.45) is 0.415. The molecule has 0 radical (unpaired) electrons. The molecule has 1 aromatic carbocycles. The molecule has 10 nitrogen and oxygen atoms in total. The summed E-state index contributed by atoms with van der Waals surface area (Å²) in [5, 5.41) is 6.40. The zero-order valence-corrected chi connectivity index (χ0v) is 15.7. The molecule has 1 aromatic heterocycles. The molecule has 10 heteroatoms. The van der Waals surface area contributed by atoms with Gasteiger partial charge in [-0.2, -0.15) is 4.98 Å². The first-order valence-corrected chi connectivity index (χ1v) is 8.63. The number of esters is 1. The van der Waals surface area contributed by atoms with Crippen LogP contribution in [0.15, 0.2) is 28.8 Å². The monoisotopic (exact) mass is 388 g/mol. The summed E-state index contributed by atoms with van der Waals surface area (Å²) in [7, 11) is 1.55. The summed E-state index contributed by atoms with van der Waals surface area (Å²) in [6, 6.07) is 6.47. The third-order valence-corrected chi connectivity index (χ3v) is 4.49. The van der Waals surface area contributed by atoms with Crippen LogP contribution >= 0.6 is 0 Å². The number of hydrogen-bond acceptors (Lipinski definition) is 8. The maximum absolute atomic E-state index is 12.3. The first-order chi connectivity index (χ1) is 13.4. The van der Waals surface area contributed by atoms with Crippen molar-refractivity contribution >= 4 is 17.9 Å². The summed E-state index contributed by atoms with van der Waals surface area (Å²) in [5.41, 5.74) is -0.325. The molecule has 148 valence electrons. The average Bonchev–Trinajstić information content (AvgIpc) is 3.26. The van der Waals surface area contributed by atoms with Crippen LogP contribution in [0.3, 0.4) is 0 Å². The third-order valence-electron chi connectivity index (χ3n) is 4.49. The Morgan fingerprint density at radius 1 is 1.36 bits per heavy atom. The molecule has 2 aromatic rings. The Labute approximate surface area is 160 Å². The lowest BCUT2D eigenvalue weighted by Crippen LogP contribution is -2.43. The van der Waals surface area contributed by atoms with E-state index in [1.165, 1.54) is 0 Å². The van der Waals surface area contributed by atoms with Crippen LogP contribution in [0.5, 0.6) is 5.75 Å². The third kappa shape index (κ3) is 3.80. The van der Waals surface area contributed by atoms with E-state index < -0.39 is 30.0 Å². The van der Waals surface area contributed by atoms with Crippen LogP contribution in [0.25, 0.3) is 11.4 Å². The largest absolute Gasteiger partial charge is 0.497 e. The van der Waals surface area contributed by atoms with E-state index in [-0.39, 0.29) is 12.5 Å². The van der Waals surface area contributed by atoms with Gasteiger partial charge < -0.3 is 19.3 Å². The Hall–Kier alpha value is -3.43. The quantitative estimate of drug-likeness (QED) is 0.559. The molecule has 1 fully saturated rings. The maximum Gasteiger partial charge on any atom is 0.326 e. The molecule has 0 aliphatic carbocycles. The summed E-state index contributed by atoms with van der Waals surface area (Å²) >= 11 is 0. The molecule has 2 heterocycles. The van der Waals surface area contributed by atoms with Gasteiger partial charge in [0.15, 0.2) is 6.61 Å². The van der Waals surface area contributed by atoms with Gasteiger partial charge in [-0.25, -0.2) is 4.79 Å². The van der Waals surface area contributed by atoms with Gasteiger partial charge in [0.05, 0.1) is 7.11 Å². The number of methoxy groups -OCH3 is 1. The Morgan fingerprint density at radius 3 is 2.82 bits per heavy atom. The molecule has 3 amide bonds. The first-order valence-electron chi connectivity index (χ1n) is 8.63. The molecule has 0 spiro atoms. The van der Waals surface area contributed by atoms with Crippen molar-refractivity contribution in [1.29, 1.82) is 0 Å². The number of nitrogens with zero attached hydrogens (tertiary/aromatic N) is 3. The Bertz CT molecular complexity index is 911. The number of carbonyl (C=O) groups is 3. The van der Waals surface area contributed by atoms with E-state index in [1.807, 2.05) is 0 Å².